The second-order valence-corrected chi connectivity index (χ2v) is 8.54. The highest BCUT2D eigenvalue weighted by molar-refractivity contribution is 5.92. The minimum atomic E-state index is -0.744. The fraction of sp³-hybridized carbons (Fsp3) is 0.789. The van der Waals surface area contributed by atoms with Gasteiger partial charge in [-0.1, -0.05) is 19.4 Å². The largest absolute Gasteiger partial charge is 0.385 e. The quantitative estimate of drug-likeness (QED) is 0.748. The van der Waals surface area contributed by atoms with E-state index in [0.717, 1.165) is 32.1 Å². The van der Waals surface area contributed by atoms with E-state index >= 15 is 0 Å². The van der Waals surface area contributed by atoms with Gasteiger partial charge in [-0.05, 0) is 67.8 Å². The molecule has 3 fully saturated rings. The molecule has 1 N–H and O–H groups in total. The van der Waals surface area contributed by atoms with Crippen LogP contribution in [0.2, 0.25) is 0 Å². The maximum atomic E-state index is 12.4. The lowest BCUT2D eigenvalue weighted by atomic mass is 9.47. The van der Waals surface area contributed by atoms with Gasteiger partial charge >= 0.3 is 0 Å². The van der Waals surface area contributed by atoms with Gasteiger partial charge in [0.15, 0.2) is 11.6 Å². The van der Waals surface area contributed by atoms with Crippen molar-refractivity contribution in [3.63, 3.8) is 0 Å². The number of aliphatic hydroxyl groups is 1. The molecule has 6 atom stereocenters. The van der Waals surface area contributed by atoms with Crippen LogP contribution in [0.15, 0.2) is 11.6 Å². The molecule has 0 spiro atoms. The van der Waals surface area contributed by atoms with E-state index in [1.165, 1.54) is 5.57 Å². The Labute approximate surface area is 132 Å². The van der Waals surface area contributed by atoms with Crippen LogP contribution < -0.4 is 0 Å². The Kier molecular flexibility index (Phi) is 3.01. The fourth-order valence-electron chi connectivity index (χ4n) is 6.35. The van der Waals surface area contributed by atoms with E-state index in [0.29, 0.717) is 30.6 Å². The maximum Gasteiger partial charge on any atom is 0.167 e. The van der Waals surface area contributed by atoms with Gasteiger partial charge < -0.3 is 5.11 Å². The van der Waals surface area contributed by atoms with E-state index in [2.05, 4.69) is 13.8 Å². The SMILES string of the molecule is C[C@]12CCC(=O)C=C1CC[C@@H]1[C@H]2CC[C@]2(C)C(=O)C(O)C[C@@H]12. The van der Waals surface area contributed by atoms with Crippen molar-refractivity contribution in [2.75, 3.05) is 0 Å². The predicted octanol–water partition coefficient (Wildman–Crippen LogP) is 3.06. The van der Waals surface area contributed by atoms with Crippen LogP contribution in [-0.4, -0.2) is 22.8 Å². The van der Waals surface area contributed by atoms with E-state index in [4.69, 9.17) is 0 Å². The number of carbonyl (C=O) groups is 2. The van der Waals surface area contributed by atoms with Crippen molar-refractivity contribution in [3.8, 4) is 0 Å². The lowest BCUT2D eigenvalue weighted by molar-refractivity contribution is -0.137. The molecule has 0 aromatic rings. The molecule has 0 radical (unpaired) electrons. The standard InChI is InChI=1S/C19H26O3/c1-18-7-5-12(20)9-11(18)3-4-13-14(18)6-8-19(2)15(13)10-16(21)17(19)22/h9,13-16,21H,3-8,10H2,1-2H3/t13-,14-,15+,16?,18+,19+/m1/s1. The molecule has 4 rings (SSSR count). The minimum Gasteiger partial charge on any atom is -0.385 e. The zero-order valence-corrected chi connectivity index (χ0v) is 13.6. The Bertz CT molecular complexity index is 577. The van der Waals surface area contributed by atoms with Gasteiger partial charge in [-0.25, -0.2) is 0 Å². The van der Waals surface area contributed by atoms with Crippen molar-refractivity contribution in [1.29, 1.82) is 0 Å². The summed E-state index contributed by atoms with van der Waals surface area (Å²) in [6.07, 6.45) is 7.54. The van der Waals surface area contributed by atoms with E-state index in [-0.39, 0.29) is 22.4 Å². The van der Waals surface area contributed by atoms with Crippen molar-refractivity contribution < 1.29 is 14.7 Å². The zero-order valence-electron chi connectivity index (χ0n) is 13.6. The third kappa shape index (κ3) is 1.72. The lowest BCUT2D eigenvalue weighted by Crippen LogP contribution is -2.50. The summed E-state index contributed by atoms with van der Waals surface area (Å²) in [5.74, 6) is 1.83. The maximum absolute atomic E-state index is 12.4. The van der Waals surface area contributed by atoms with Crippen molar-refractivity contribution in [1.82, 2.24) is 0 Å². The summed E-state index contributed by atoms with van der Waals surface area (Å²) < 4.78 is 0. The van der Waals surface area contributed by atoms with E-state index in [9.17, 15) is 14.7 Å². The molecule has 4 aliphatic carbocycles. The van der Waals surface area contributed by atoms with Crippen molar-refractivity contribution >= 4 is 11.6 Å². The molecule has 0 aromatic heterocycles. The van der Waals surface area contributed by atoms with E-state index < -0.39 is 6.10 Å². The van der Waals surface area contributed by atoms with Crippen LogP contribution in [0.25, 0.3) is 0 Å². The van der Waals surface area contributed by atoms with Crippen LogP contribution in [0, 0.1) is 28.6 Å². The summed E-state index contributed by atoms with van der Waals surface area (Å²) in [4.78, 5) is 24.2. The number of hydrogen-bond donors (Lipinski definition) is 1. The van der Waals surface area contributed by atoms with Crippen LogP contribution in [0.4, 0.5) is 0 Å². The van der Waals surface area contributed by atoms with Crippen LogP contribution in [0.3, 0.4) is 0 Å². The molecule has 120 valence electrons. The monoisotopic (exact) mass is 302 g/mol. The van der Waals surface area contributed by atoms with Gasteiger partial charge in [-0.2, -0.15) is 0 Å². The molecule has 0 aromatic carbocycles. The van der Waals surface area contributed by atoms with Gasteiger partial charge in [0.25, 0.3) is 0 Å². The average Bonchev–Trinajstić information content (AvgIpc) is 2.72. The molecule has 22 heavy (non-hydrogen) atoms. The average molecular weight is 302 g/mol. The number of aliphatic hydroxyl groups excluding tert-OH is 1. The number of Topliss-reactive ketones (excluding diaryl/α,β-unsaturated/α-hetero) is 1. The smallest absolute Gasteiger partial charge is 0.167 e. The molecule has 3 heteroatoms. The van der Waals surface area contributed by atoms with Gasteiger partial charge in [-0.3, -0.25) is 9.59 Å². The molecule has 4 aliphatic rings. The first-order valence-electron chi connectivity index (χ1n) is 8.82. The van der Waals surface area contributed by atoms with Crippen LogP contribution in [-0.2, 0) is 9.59 Å². The minimum absolute atomic E-state index is 0.0845. The van der Waals surface area contributed by atoms with Crippen LogP contribution in [0.5, 0.6) is 0 Å². The first-order valence-corrected chi connectivity index (χ1v) is 8.82. The summed E-state index contributed by atoms with van der Waals surface area (Å²) >= 11 is 0. The molecule has 0 bridgehead atoms. The molecule has 3 nitrogen and oxygen atoms in total. The highest BCUT2D eigenvalue weighted by Gasteiger charge is 2.61. The van der Waals surface area contributed by atoms with Crippen LogP contribution in [0.1, 0.15) is 58.8 Å². The van der Waals surface area contributed by atoms with Crippen molar-refractivity contribution in [3.05, 3.63) is 11.6 Å². The molecule has 0 aliphatic heterocycles. The number of allylic oxidation sites excluding steroid dienone is 1. The number of fused-ring (bicyclic) bond motifs is 5. The van der Waals surface area contributed by atoms with Gasteiger partial charge in [0.05, 0.1) is 0 Å². The third-order valence-electron chi connectivity index (χ3n) is 7.69. The Balaban J connectivity index is 1.70. The summed E-state index contributed by atoms with van der Waals surface area (Å²) in [6, 6.07) is 0. The Morgan fingerprint density at radius 1 is 1.05 bits per heavy atom. The second kappa shape index (κ2) is 4.53. The fourth-order valence-corrected chi connectivity index (χ4v) is 6.35. The number of rotatable bonds is 0. The summed E-state index contributed by atoms with van der Waals surface area (Å²) in [5, 5.41) is 10.1. The van der Waals surface area contributed by atoms with Gasteiger partial charge in [-0.15, -0.1) is 0 Å². The molecule has 1 unspecified atom stereocenters. The van der Waals surface area contributed by atoms with Gasteiger partial charge in [0.2, 0.25) is 0 Å². The molecule has 0 amide bonds. The summed E-state index contributed by atoms with van der Waals surface area (Å²) in [7, 11) is 0. The van der Waals surface area contributed by atoms with Crippen LogP contribution >= 0.6 is 0 Å². The highest BCUT2D eigenvalue weighted by atomic mass is 16.3. The van der Waals surface area contributed by atoms with Gasteiger partial charge in [0, 0.05) is 11.8 Å². The molecule has 3 saturated carbocycles. The van der Waals surface area contributed by atoms with E-state index in [1.54, 1.807) is 0 Å². The zero-order chi connectivity index (χ0) is 15.7. The number of ketones is 2. The molecular weight excluding hydrogens is 276 g/mol. The normalized spacial score (nSPS) is 51.0. The Hall–Kier alpha value is -0.960. The highest BCUT2D eigenvalue weighted by Crippen LogP contribution is 2.64. The van der Waals surface area contributed by atoms with E-state index in [1.807, 2.05) is 6.08 Å². The molecular formula is C19H26O3. The number of hydrogen-bond acceptors (Lipinski definition) is 3. The topological polar surface area (TPSA) is 54.4 Å². The van der Waals surface area contributed by atoms with Crippen molar-refractivity contribution in [2.24, 2.45) is 28.6 Å². The Morgan fingerprint density at radius 2 is 1.82 bits per heavy atom. The second-order valence-electron chi connectivity index (χ2n) is 8.54. The first-order chi connectivity index (χ1) is 10.4. The predicted molar refractivity (Wildman–Crippen MR) is 83.1 cm³/mol. The first kappa shape index (κ1) is 14.6. The number of carbonyl (C=O) groups excluding carboxylic acids is 2. The van der Waals surface area contributed by atoms with Gasteiger partial charge in [0.1, 0.15) is 6.10 Å². The lowest BCUT2D eigenvalue weighted by Gasteiger charge is -2.56. The molecule has 0 heterocycles. The summed E-state index contributed by atoms with van der Waals surface area (Å²) in [6.45, 7) is 4.43. The van der Waals surface area contributed by atoms with Crippen molar-refractivity contribution in [2.45, 2.75) is 64.9 Å². The summed E-state index contributed by atoms with van der Waals surface area (Å²) in [5.41, 5.74) is 1.20. The molecule has 0 saturated heterocycles. The third-order valence-corrected chi connectivity index (χ3v) is 7.69. The Morgan fingerprint density at radius 3 is 2.59 bits per heavy atom.